The zero-order valence-electron chi connectivity index (χ0n) is 19.0. The van der Waals surface area contributed by atoms with Crippen LogP contribution in [0, 0.1) is 0 Å². The molecule has 0 aliphatic rings. The molecule has 1 unspecified atom stereocenters. The van der Waals surface area contributed by atoms with Gasteiger partial charge in [0.2, 0.25) is 5.91 Å². The first-order chi connectivity index (χ1) is 15.1. The molecule has 0 aromatic heterocycles. The Morgan fingerprint density at radius 2 is 1.68 bits per heavy atom. The first kappa shape index (κ1) is 24.2. The number of benzene rings is 2. The van der Waals surface area contributed by atoms with Crippen molar-refractivity contribution in [3.05, 3.63) is 65.7 Å². The SMILES string of the molecule is CCN(CC)C(CNC(=NC)NCC(=O)NCc1ccc(OC)cc1)c1ccccc1. The number of nitrogens with one attached hydrogen (secondary N) is 3. The summed E-state index contributed by atoms with van der Waals surface area (Å²) >= 11 is 0. The van der Waals surface area contributed by atoms with Crippen LogP contribution in [0.2, 0.25) is 0 Å². The number of rotatable bonds is 11. The Morgan fingerprint density at radius 3 is 2.26 bits per heavy atom. The third-order valence-corrected chi connectivity index (χ3v) is 5.19. The number of ether oxygens (including phenoxy) is 1. The maximum Gasteiger partial charge on any atom is 0.239 e. The first-order valence-electron chi connectivity index (χ1n) is 10.7. The van der Waals surface area contributed by atoms with Crippen LogP contribution in [0.4, 0.5) is 0 Å². The number of aliphatic imine (C=N–C) groups is 1. The van der Waals surface area contributed by atoms with Gasteiger partial charge in [-0.2, -0.15) is 0 Å². The lowest BCUT2D eigenvalue weighted by molar-refractivity contribution is -0.120. The molecule has 2 aromatic rings. The third kappa shape index (κ3) is 7.94. The van der Waals surface area contributed by atoms with Crippen molar-refractivity contribution in [1.29, 1.82) is 0 Å². The fourth-order valence-corrected chi connectivity index (χ4v) is 3.38. The minimum Gasteiger partial charge on any atom is -0.497 e. The Labute approximate surface area is 185 Å². The standard InChI is InChI=1S/C24H35N5O2/c1-5-29(6-2)22(20-10-8-7-9-11-20)17-27-24(25-3)28-18-23(30)26-16-19-12-14-21(31-4)15-13-19/h7-15,22H,5-6,16-18H2,1-4H3,(H,26,30)(H2,25,27,28). The van der Waals surface area contributed by atoms with Gasteiger partial charge in [-0.05, 0) is 36.3 Å². The molecule has 7 heteroatoms. The Kier molecular flexibility index (Phi) is 10.4. The number of likely N-dealkylation sites (N-methyl/N-ethyl adjacent to an activating group) is 1. The first-order valence-corrected chi connectivity index (χ1v) is 10.7. The van der Waals surface area contributed by atoms with Crippen LogP contribution in [0.5, 0.6) is 5.75 Å². The maximum absolute atomic E-state index is 12.2. The number of carbonyl (C=O) groups excluding carboxylic acids is 1. The highest BCUT2D eigenvalue weighted by Gasteiger charge is 2.18. The van der Waals surface area contributed by atoms with Gasteiger partial charge in [0.1, 0.15) is 5.75 Å². The van der Waals surface area contributed by atoms with Gasteiger partial charge in [-0.15, -0.1) is 0 Å². The van der Waals surface area contributed by atoms with Crippen LogP contribution in [0.1, 0.15) is 31.0 Å². The monoisotopic (exact) mass is 425 g/mol. The van der Waals surface area contributed by atoms with Crippen LogP contribution >= 0.6 is 0 Å². The van der Waals surface area contributed by atoms with Crippen molar-refractivity contribution in [2.24, 2.45) is 4.99 Å². The molecule has 0 aliphatic carbocycles. The van der Waals surface area contributed by atoms with E-state index in [4.69, 9.17) is 4.74 Å². The summed E-state index contributed by atoms with van der Waals surface area (Å²) in [6.07, 6.45) is 0. The Bertz CT molecular complexity index is 804. The molecule has 0 saturated heterocycles. The lowest BCUT2D eigenvalue weighted by atomic mass is 10.1. The molecule has 0 aliphatic heterocycles. The summed E-state index contributed by atoms with van der Waals surface area (Å²) in [6, 6.07) is 18.3. The average molecular weight is 426 g/mol. The van der Waals surface area contributed by atoms with Gasteiger partial charge in [0.25, 0.3) is 0 Å². The Hall–Kier alpha value is -3.06. The Morgan fingerprint density at radius 1 is 1.00 bits per heavy atom. The van der Waals surface area contributed by atoms with E-state index in [0.717, 1.165) is 24.4 Å². The summed E-state index contributed by atoms with van der Waals surface area (Å²) < 4.78 is 5.15. The molecule has 0 spiro atoms. The second kappa shape index (κ2) is 13.3. The van der Waals surface area contributed by atoms with Gasteiger partial charge in [0.15, 0.2) is 5.96 Å². The number of amides is 1. The topological polar surface area (TPSA) is 78.0 Å². The highest BCUT2D eigenvalue weighted by Crippen LogP contribution is 2.19. The van der Waals surface area contributed by atoms with E-state index >= 15 is 0 Å². The zero-order chi connectivity index (χ0) is 22.5. The Balaban J connectivity index is 1.83. The molecule has 0 fully saturated rings. The summed E-state index contributed by atoms with van der Waals surface area (Å²) in [6.45, 7) is 7.55. The molecule has 0 saturated carbocycles. The van der Waals surface area contributed by atoms with Crippen molar-refractivity contribution in [1.82, 2.24) is 20.9 Å². The number of nitrogens with zero attached hydrogens (tertiary/aromatic N) is 2. The predicted octanol–water partition coefficient (Wildman–Crippen LogP) is 2.56. The smallest absolute Gasteiger partial charge is 0.239 e. The maximum atomic E-state index is 12.2. The van der Waals surface area contributed by atoms with Gasteiger partial charge in [-0.3, -0.25) is 14.7 Å². The van der Waals surface area contributed by atoms with E-state index in [9.17, 15) is 4.79 Å². The van der Waals surface area contributed by atoms with E-state index in [1.165, 1.54) is 5.56 Å². The van der Waals surface area contributed by atoms with Gasteiger partial charge < -0.3 is 20.7 Å². The predicted molar refractivity (Wildman–Crippen MR) is 126 cm³/mol. The van der Waals surface area contributed by atoms with Crippen LogP contribution in [0.3, 0.4) is 0 Å². The minimum absolute atomic E-state index is 0.0953. The van der Waals surface area contributed by atoms with Crippen molar-refractivity contribution >= 4 is 11.9 Å². The normalized spacial score (nSPS) is 12.4. The van der Waals surface area contributed by atoms with E-state index in [1.807, 2.05) is 30.3 Å². The molecule has 168 valence electrons. The van der Waals surface area contributed by atoms with E-state index < -0.39 is 0 Å². The van der Waals surface area contributed by atoms with Crippen LogP contribution < -0.4 is 20.7 Å². The van der Waals surface area contributed by atoms with Crippen molar-refractivity contribution < 1.29 is 9.53 Å². The zero-order valence-corrected chi connectivity index (χ0v) is 19.0. The molecule has 2 rings (SSSR count). The quantitative estimate of drug-likeness (QED) is 0.381. The number of hydrogen-bond acceptors (Lipinski definition) is 4. The van der Waals surface area contributed by atoms with Gasteiger partial charge in [0.05, 0.1) is 19.7 Å². The van der Waals surface area contributed by atoms with E-state index in [2.05, 4.69) is 64.0 Å². The third-order valence-electron chi connectivity index (χ3n) is 5.19. The summed E-state index contributed by atoms with van der Waals surface area (Å²) in [5.41, 5.74) is 2.27. The molecule has 0 heterocycles. The number of hydrogen-bond donors (Lipinski definition) is 3. The molecule has 3 N–H and O–H groups in total. The van der Waals surface area contributed by atoms with Crippen LogP contribution in [0.25, 0.3) is 0 Å². The van der Waals surface area contributed by atoms with Gasteiger partial charge in [-0.25, -0.2) is 0 Å². The van der Waals surface area contributed by atoms with Crippen molar-refractivity contribution in [2.75, 3.05) is 40.3 Å². The molecule has 31 heavy (non-hydrogen) atoms. The highest BCUT2D eigenvalue weighted by molar-refractivity contribution is 5.86. The molecule has 0 bridgehead atoms. The van der Waals surface area contributed by atoms with Gasteiger partial charge >= 0.3 is 0 Å². The van der Waals surface area contributed by atoms with Crippen molar-refractivity contribution in [3.63, 3.8) is 0 Å². The minimum atomic E-state index is -0.0953. The fraction of sp³-hybridized carbons (Fsp3) is 0.417. The van der Waals surface area contributed by atoms with Gasteiger partial charge in [0, 0.05) is 20.1 Å². The molecule has 7 nitrogen and oxygen atoms in total. The van der Waals surface area contributed by atoms with Crippen LogP contribution in [-0.4, -0.2) is 57.1 Å². The van der Waals surface area contributed by atoms with E-state index in [1.54, 1.807) is 14.2 Å². The summed E-state index contributed by atoms with van der Waals surface area (Å²) in [4.78, 5) is 18.9. The van der Waals surface area contributed by atoms with E-state index in [-0.39, 0.29) is 18.5 Å². The lowest BCUT2D eigenvalue weighted by Gasteiger charge is -2.30. The molecule has 2 aromatic carbocycles. The van der Waals surface area contributed by atoms with Crippen molar-refractivity contribution in [3.8, 4) is 5.75 Å². The molecule has 0 radical (unpaired) electrons. The average Bonchev–Trinajstić information content (AvgIpc) is 2.83. The molecule has 1 atom stereocenters. The summed E-state index contributed by atoms with van der Waals surface area (Å²) in [5, 5.41) is 9.37. The molecular formula is C24H35N5O2. The van der Waals surface area contributed by atoms with Crippen LogP contribution in [-0.2, 0) is 11.3 Å². The molecule has 1 amide bonds. The second-order valence-corrected chi connectivity index (χ2v) is 7.08. The molecular weight excluding hydrogens is 390 g/mol. The second-order valence-electron chi connectivity index (χ2n) is 7.08. The summed E-state index contributed by atoms with van der Waals surface area (Å²) in [5.74, 6) is 1.31. The van der Waals surface area contributed by atoms with Crippen LogP contribution in [0.15, 0.2) is 59.6 Å². The largest absolute Gasteiger partial charge is 0.497 e. The lowest BCUT2D eigenvalue weighted by Crippen LogP contribution is -2.46. The van der Waals surface area contributed by atoms with Crippen molar-refractivity contribution in [2.45, 2.75) is 26.4 Å². The van der Waals surface area contributed by atoms with E-state index in [0.29, 0.717) is 19.0 Å². The fourth-order valence-electron chi connectivity index (χ4n) is 3.38. The number of guanidine groups is 1. The highest BCUT2D eigenvalue weighted by atomic mass is 16.5. The van der Waals surface area contributed by atoms with Gasteiger partial charge in [-0.1, -0.05) is 56.3 Å². The number of carbonyl (C=O) groups is 1. The summed E-state index contributed by atoms with van der Waals surface area (Å²) in [7, 11) is 3.34. The number of methoxy groups -OCH3 is 1.